The standard InChI is InChI=1S/C20H26N4O2/c1-4-24-18(9-10-21-24)20(25)23-12-15-11-22(2)19(17(15)13-23)14-5-7-16(26-3)8-6-14/h5-10,15,17,19H,4,11-13H2,1-3H3/t15-,17+,19+/m0/s1. The van der Waals surface area contributed by atoms with Crippen molar-refractivity contribution < 1.29 is 9.53 Å². The van der Waals surface area contributed by atoms with Gasteiger partial charge in [-0.05, 0) is 43.7 Å². The summed E-state index contributed by atoms with van der Waals surface area (Å²) in [5.41, 5.74) is 2.00. The first kappa shape index (κ1) is 17.1. The number of aryl methyl sites for hydroxylation is 1. The van der Waals surface area contributed by atoms with Crippen molar-refractivity contribution in [2.45, 2.75) is 19.5 Å². The molecule has 0 bridgehead atoms. The third-order valence-corrected chi connectivity index (χ3v) is 5.87. The number of nitrogens with zero attached hydrogens (tertiary/aromatic N) is 4. The van der Waals surface area contributed by atoms with Crippen LogP contribution in [0.3, 0.4) is 0 Å². The summed E-state index contributed by atoms with van der Waals surface area (Å²) >= 11 is 0. The molecule has 6 nitrogen and oxygen atoms in total. The summed E-state index contributed by atoms with van der Waals surface area (Å²) in [6, 6.07) is 10.5. The van der Waals surface area contributed by atoms with E-state index in [0.717, 1.165) is 25.4 Å². The van der Waals surface area contributed by atoms with Crippen LogP contribution in [0.15, 0.2) is 36.5 Å². The molecule has 2 saturated heterocycles. The number of fused-ring (bicyclic) bond motifs is 1. The number of ether oxygens (including phenoxy) is 1. The Hall–Kier alpha value is -2.34. The molecule has 138 valence electrons. The Morgan fingerprint density at radius 3 is 2.65 bits per heavy atom. The maximum Gasteiger partial charge on any atom is 0.272 e. The number of carbonyl (C=O) groups excluding carboxylic acids is 1. The number of carbonyl (C=O) groups is 1. The van der Waals surface area contributed by atoms with Gasteiger partial charge in [-0.1, -0.05) is 12.1 Å². The van der Waals surface area contributed by atoms with E-state index in [1.54, 1.807) is 18.0 Å². The molecule has 2 aromatic rings. The first-order chi connectivity index (χ1) is 12.6. The minimum Gasteiger partial charge on any atom is -0.497 e. The van der Waals surface area contributed by atoms with E-state index in [9.17, 15) is 4.79 Å². The maximum absolute atomic E-state index is 13.0. The fourth-order valence-electron chi connectivity index (χ4n) is 4.65. The third kappa shape index (κ3) is 2.78. The highest BCUT2D eigenvalue weighted by molar-refractivity contribution is 5.92. The zero-order chi connectivity index (χ0) is 18.3. The van der Waals surface area contributed by atoms with Crippen LogP contribution >= 0.6 is 0 Å². The summed E-state index contributed by atoms with van der Waals surface area (Å²) in [6.07, 6.45) is 1.71. The molecule has 2 aliphatic heterocycles. The zero-order valence-electron chi connectivity index (χ0n) is 15.6. The van der Waals surface area contributed by atoms with Crippen LogP contribution in [-0.4, -0.2) is 59.3 Å². The van der Waals surface area contributed by atoms with Gasteiger partial charge in [-0.3, -0.25) is 14.4 Å². The summed E-state index contributed by atoms with van der Waals surface area (Å²) in [7, 11) is 3.87. The summed E-state index contributed by atoms with van der Waals surface area (Å²) in [5, 5.41) is 4.24. The van der Waals surface area contributed by atoms with Crippen molar-refractivity contribution in [3.63, 3.8) is 0 Å². The van der Waals surface area contributed by atoms with Crippen molar-refractivity contribution in [1.29, 1.82) is 0 Å². The molecule has 0 radical (unpaired) electrons. The van der Waals surface area contributed by atoms with Gasteiger partial charge in [0.25, 0.3) is 5.91 Å². The van der Waals surface area contributed by atoms with Gasteiger partial charge >= 0.3 is 0 Å². The van der Waals surface area contributed by atoms with E-state index in [1.165, 1.54) is 5.56 Å². The van der Waals surface area contributed by atoms with E-state index in [4.69, 9.17) is 4.74 Å². The Balaban J connectivity index is 1.53. The number of likely N-dealkylation sites (tertiary alicyclic amines) is 2. The van der Waals surface area contributed by atoms with E-state index in [-0.39, 0.29) is 5.91 Å². The van der Waals surface area contributed by atoms with Crippen LogP contribution in [0.5, 0.6) is 5.75 Å². The van der Waals surface area contributed by atoms with E-state index in [2.05, 4.69) is 29.2 Å². The second-order valence-electron chi connectivity index (χ2n) is 7.32. The van der Waals surface area contributed by atoms with Crippen molar-refractivity contribution in [1.82, 2.24) is 19.6 Å². The van der Waals surface area contributed by atoms with Gasteiger partial charge in [0, 0.05) is 44.3 Å². The first-order valence-electron chi connectivity index (χ1n) is 9.27. The van der Waals surface area contributed by atoms with E-state index >= 15 is 0 Å². The predicted octanol–water partition coefficient (Wildman–Crippen LogP) is 2.29. The lowest BCUT2D eigenvalue weighted by atomic mass is 9.89. The van der Waals surface area contributed by atoms with Gasteiger partial charge in [0.05, 0.1) is 7.11 Å². The van der Waals surface area contributed by atoms with Crippen molar-refractivity contribution >= 4 is 5.91 Å². The fraction of sp³-hybridized carbons (Fsp3) is 0.500. The van der Waals surface area contributed by atoms with Crippen LogP contribution in [0.2, 0.25) is 0 Å². The second kappa shape index (κ2) is 6.76. The largest absolute Gasteiger partial charge is 0.497 e. The smallest absolute Gasteiger partial charge is 0.272 e. The van der Waals surface area contributed by atoms with Gasteiger partial charge in [-0.2, -0.15) is 5.10 Å². The lowest BCUT2D eigenvalue weighted by molar-refractivity contribution is 0.0755. The van der Waals surface area contributed by atoms with Crippen molar-refractivity contribution in [3.8, 4) is 5.75 Å². The van der Waals surface area contributed by atoms with Crippen molar-refractivity contribution in [2.24, 2.45) is 11.8 Å². The minimum absolute atomic E-state index is 0.106. The average molecular weight is 354 g/mol. The van der Waals surface area contributed by atoms with Crippen molar-refractivity contribution in [3.05, 3.63) is 47.8 Å². The lowest BCUT2D eigenvalue weighted by Gasteiger charge is -2.27. The number of aromatic nitrogens is 2. The fourth-order valence-corrected chi connectivity index (χ4v) is 4.65. The molecule has 3 heterocycles. The molecule has 1 amide bonds. The molecular formula is C20H26N4O2. The highest BCUT2D eigenvalue weighted by Crippen LogP contribution is 2.44. The van der Waals surface area contributed by atoms with Crippen LogP contribution in [-0.2, 0) is 6.54 Å². The van der Waals surface area contributed by atoms with Crippen LogP contribution in [0.4, 0.5) is 0 Å². The molecule has 26 heavy (non-hydrogen) atoms. The number of amides is 1. The summed E-state index contributed by atoms with van der Waals surface area (Å²) in [5.74, 6) is 1.97. The monoisotopic (exact) mass is 354 g/mol. The Bertz CT molecular complexity index is 785. The molecular weight excluding hydrogens is 328 g/mol. The number of benzene rings is 1. The lowest BCUT2D eigenvalue weighted by Crippen LogP contribution is -2.34. The normalized spacial score (nSPS) is 25.5. The average Bonchev–Trinajstić information content (AvgIpc) is 3.35. The number of methoxy groups -OCH3 is 1. The Kier molecular flexibility index (Phi) is 4.44. The molecule has 0 saturated carbocycles. The highest BCUT2D eigenvalue weighted by Gasteiger charge is 2.47. The molecule has 6 heteroatoms. The quantitative estimate of drug-likeness (QED) is 0.845. The molecule has 2 fully saturated rings. The van der Waals surface area contributed by atoms with Crippen LogP contribution in [0.25, 0.3) is 0 Å². The van der Waals surface area contributed by atoms with E-state index in [0.29, 0.717) is 30.1 Å². The summed E-state index contributed by atoms with van der Waals surface area (Å²) in [6.45, 7) is 5.39. The van der Waals surface area contributed by atoms with Gasteiger partial charge in [-0.15, -0.1) is 0 Å². The van der Waals surface area contributed by atoms with E-state index in [1.807, 2.05) is 30.0 Å². The second-order valence-corrected chi connectivity index (χ2v) is 7.32. The molecule has 4 rings (SSSR count). The van der Waals surface area contributed by atoms with Gasteiger partial charge < -0.3 is 9.64 Å². The minimum atomic E-state index is 0.106. The third-order valence-electron chi connectivity index (χ3n) is 5.87. The molecule has 1 aromatic heterocycles. The molecule has 0 aliphatic carbocycles. The molecule has 1 aromatic carbocycles. The highest BCUT2D eigenvalue weighted by atomic mass is 16.5. The predicted molar refractivity (Wildman–Crippen MR) is 99.1 cm³/mol. The van der Waals surface area contributed by atoms with Gasteiger partial charge in [-0.25, -0.2) is 0 Å². The Labute approximate surface area is 154 Å². The molecule has 2 aliphatic rings. The SMILES string of the molecule is CCn1nccc1C(=O)N1C[C@@H]2CN(C)[C@H](c3ccc(OC)cc3)[C@@H]2C1. The topological polar surface area (TPSA) is 50.6 Å². The van der Waals surface area contributed by atoms with Crippen molar-refractivity contribution in [2.75, 3.05) is 33.8 Å². The Morgan fingerprint density at radius 1 is 1.19 bits per heavy atom. The number of hydrogen-bond acceptors (Lipinski definition) is 4. The van der Waals surface area contributed by atoms with Gasteiger partial charge in [0.2, 0.25) is 0 Å². The maximum atomic E-state index is 13.0. The number of rotatable bonds is 4. The molecule has 3 atom stereocenters. The molecule has 0 N–H and O–H groups in total. The van der Waals surface area contributed by atoms with Gasteiger partial charge in [0.1, 0.15) is 11.4 Å². The first-order valence-corrected chi connectivity index (χ1v) is 9.27. The van der Waals surface area contributed by atoms with E-state index < -0.39 is 0 Å². The zero-order valence-corrected chi connectivity index (χ0v) is 15.6. The Morgan fingerprint density at radius 2 is 1.96 bits per heavy atom. The van der Waals surface area contributed by atoms with Crippen LogP contribution in [0.1, 0.15) is 29.0 Å². The molecule has 0 unspecified atom stereocenters. The summed E-state index contributed by atoms with van der Waals surface area (Å²) < 4.78 is 7.06. The van der Waals surface area contributed by atoms with Gasteiger partial charge in [0.15, 0.2) is 0 Å². The summed E-state index contributed by atoms with van der Waals surface area (Å²) in [4.78, 5) is 17.4. The number of hydrogen-bond donors (Lipinski definition) is 0. The van der Waals surface area contributed by atoms with Crippen LogP contribution in [0, 0.1) is 11.8 Å². The molecule has 0 spiro atoms. The van der Waals surface area contributed by atoms with Crippen LogP contribution < -0.4 is 4.74 Å².